The van der Waals surface area contributed by atoms with E-state index in [-0.39, 0.29) is 5.41 Å². The number of rotatable bonds is 45. The highest BCUT2D eigenvalue weighted by atomic mass is 16.5. The minimum absolute atomic E-state index is 0.0339. The van der Waals surface area contributed by atoms with E-state index in [4.69, 9.17) is 9.47 Å². The molecule has 11 heteroatoms. The summed E-state index contributed by atoms with van der Waals surface area (Å²) in [5.74, 6) is 8.66. The summed E-state index contributed by atoms with van der Waals surface area (Å²) in [5.41, 5.74) is -3.27. The summed E-state index contributed by atoms with van der Waals surface area (Å²) in [6.07, 6.45) is 25.7. The number of hydrogen-bond donors (Lipinski definition) is 9. The van der Waals surface area contributed by atoms with Gasteiger partial charge in [-0.1, -0.05) is 178 Å². The van der Waals surface area contributed by atoms with Crippen molar-refractivity contribution in [1.29, 1.82) is 0 Å². The van der Waals surface area contributed by atoms with Gasteiger partial charge in [0.1, 0.15) is 5.60 Å². The van der Waals surface area contributed by atoms with Gasteiger partial charge in [-0.3, -0.25) is 0 Å². The molecule has 0 rings (SSSR count). The molecule has 0 aromatic heterocycles. The van der Waals surface area contributed by atoms with Gasteiger partial charge in [0.15, 0.2) is 0 Å². The summed E-state index contributed by atoms with van der Waals surface area (Å²) in [6.45, 7) is 44.1. The fourth-order valence-corrected chi connectivity index (χ4v) is 9.44. The molecule has 9 N–H and O–H groups in total. The zero-order valence-electron chi connectivity index (χ0n) is 55.5. The molecular weight excluding hydrogens is 977 g/mol. The van der Waals surface area contributed by atoms with E-state index in [1.54, 1.807) is 0 Å². The van der Waals surface area contributed by atoms with E-state index in [0.717, 1.165) is 90.1 Å². The molecule has 0 aliphatic heterocycles. The van der Waals surface area contributed by atoms with E-state index >= 15 is 0 Å². The maximum Gasteiger partial charge on any atom is 0.122 e. The summed E-state index contributed by atoms with van der Waals surface area (Å²) >= 11 is 0. The largest absolute Gasteiger partial charge is 0.390 e. The number of nitrogens with one attached hydrogen (secondary N) is 2. The van der Waals surface area contributed by atoms with E-state index in [2.05, 4.69) is 119 Å². The zero-order valence-corrected chi connectivity index (χ0v) is 55.5. The second kappa shape index (κ2) is 49.5. The van der Waals surface area contributed by atoms with Crippen molar-refractivity contribution in [3.8, 4) is 11.8 Å². The lowest BCUT2D eigenvalue weighted by molar-refractivity contribution is -0.0214. The van der Waals surface area contributed by atoms with E-state index in [1.165, 1.54) is 64.2 Å². The van der Waals surface area contributed by atoms with Crippen LogP contribution >= 0.6 is 0 Å². The maximum atomic E-state index is 10.2. The summed E-state index contributed by atoms with van der Waals surface area (Å²) in [4.78, 5) is 0. The van der Waals surface area contributed by atoms with Gasteiger partial charge in [-0.05, 0) is 169 Å². The van der Waals surface area contributed by atoms with E-state index < -0.39 is 40.2 Å². The predicted octanol–water partition coefficient (Wildman–Crippen LogP) is 14.5. The standard InChI is InChI=1S/C24H52N2O4.C15H28O.2C14H30O2/c1-5-9-11-21(7-3)15-25-17-23(27)19-29-13-14-30-20-24(28)18-26-16-22(8-4)12-10-6-2;1-6-8-10-14(3,4)12-13-15(5,16)11-9-7-2;1-11(2)9-13(5,15)7-8-14(6,16)10-12(3)4;1-5-7-9-13(3,15)11-12-14(4,16)10-8-6-2/h21-28H,5-20H2,1-4H3;16H,6-11H2,1-5H3;11-12,15-16H,7-10H2,1-6H3;15-16H,5-12H2,1-4H3. The van der Waals surface area contributed by atoms with Crippen LogP contribution in [0.15, 0.2) is 0 Å². The minimum atomic E-state index is -0.806. The molecule has 0 saturated heterocycles. The molecule has 11 nitrogen and oxygen atoms in total. The van der Waals surface area contributed by atoms with Crippen LogP contribution in [0.1, 0.15) is 298 Å². The van der Waals surface area contributed by atoms with Crippen molar-refractivity contribution in [1.82, 2.24) is 10.6 Å². The molecule has 0 radical (unpaired) electrons. The molecule has 0 fully saturated rings. The number of ether oxygens (including phenoxy) is 2. The maximum absolute atomic E-state index is 10.2. The van der Waals surface area contributed by atoms with Gasteiger partial charge >= 0.3 is 0 Å². The van der Waals surface area contributed by atoms with Gasteiger partial charge in [-0.2, -0.15) is 0 Å². The van der Waals surface area contributed by atoms with Gasteiger partial charge in [0.25, 0.3) is 0 Å². The third kappa shape index (κ3) is 59.7. The Morgan fingerprint density at radius 2 is 0.718 bits per heavy atom. The van der Waals surface area contributed by atoms with Crippen molar-refractivity contribution in [3.63, 3.8) is 0 Å². The van der Waals surface area contributed by atoms with E-state index in [1.807, 2.05) is 34.6 Å². The van der Waals surface area contributed by atoms with E-state index in [0.29, 0.717) is 88.9 Å². The van der Waals surface area contributed by atoms with Gasteiger partial charge in [-0.25, -0.2) is 0 Å². The Bertz CT molecular complexity index is 1260. The second-order valence-electron chi connectivity index (χ2n) is 26.6. The number of aliphatic hydroxyl groups is 7. The third-order valence-corrected chi connectivity index (χ3v) is 14.8. The van der Waals surface area contributed by atoms with Crippen LogP contribution in [0.4, 0.5) is 0 Å². The molecule has 0 spiro atoms. The number of hydrogen-bond acceptors (Lipinski definition) is 11. The third-order valence-electron chi connectivity index (χ3n) is 14.8. The van der Waals surface area contributed by atoms with Gasteiger partial charge < -0.3 is 55.9 Å². The quantitative estimate of drug-likeness (QED) is 0.0209. The molecular formula is C67H140N2O9. The molecule has 0 amide bonds. The van der Waals surface area contributed by atoms with Crippen LogP contribution in [0, 0.1) is 40.9 Å². The van der Waals surface area contributed by atoms with Crippen LogP contribution in [-0.4, -0.2) is 129 Å². The summed E-state index contributed by atoms with van der Waals surface area (Å²) in [6, 6.07) is 0. The molecule has 0 heterocycles. The van der Waals surface area contributed by atoms with Crippen LogP contribution in [0.5, 0.6) is 0 Å². The van der Waals surface area contributed by atoms with Crippen molar-refractivity contribution in [2.24, 2.45) is 29.1 Å². The lowest BCUT2D eigenvalue weighted by Crippen LogP contribution is -2.34. The van der Waals surface area contributed by atoms with Gasteiger partial charge in [-0.15, -0.1) is 0 Å². The van der Waals surface area contributed by atoms with Crippen LogP contribution in [-0.2, 0) is 9.47 Å². The SMILES string of the molecule is CC(C)CC(C)(O)CCC(C)(O)CC(C)C.CCCCC(C)(C)C#CC(C)(O)CCCC.CCCCC(C)(O)CCC(C)(O)CCCC.CCCCC(CC)CNCC(O)COCCOCC(O)CNCC(CC)CCCC. The smallest absolute Gasteiger partial charge is 0.122 e. The van der Waals surface area contributed by atoms with Crippen molar-refractivity contribution < 1.29 is 45.2 Å². The molecule has 9 unspecified atom stereocenters. The topological polar surface area (TPSA) is 184 Å². The van der Waals surface area contributed by atoms with Gasteiger partial charge in [0.05, 0.1) is 61.0 Å². The molecule has 0 aliphatic rings. The molecule has 0 aromatic carbocycles. The average molecular weight is 1120 g/mol. The molecule has 78 heavy (non-hydrogen) atoms. The molecule has 0 saturated carbocycles. The Hall–Kier alpha value is -0.880. The van der Waals surface area contributed by atoms with Crippen LogP contribution < -0.4 is 10.6 Å². The highest BCUT2D eigenvalue weighted by molar-refractivity contribution is 5.17. The van der Waals surface area contributed by atoms with Gasteiger partial charge in [0.2, 0.25) is 0 Å². The Morgan fingerprint density at radius 1 is 0.397 bits per heavy atom. The Morgan fingerprint density at radius 3 is 1.04 bits per heavy atom. The predicted molar refractivity (Wildman–Crippen MR) is 336 cm³/mol. The fourth-order valence-electron chi connectivity index (χ4n) is 9.44. The first-order valence-electron chi connectivity index (χ1n) is 32.4. The van der Waals surface area contributed by atoms with Crippen LogP contribution in [0.2, 0.25) is 0 Å². The number of unbranched alkanes of at least 4 members (excludes halogenated alkanes) is 6. The van der Waals surface area contributed by atoms with Crippen molar-refractivity contribution in [2.45, 2.75) is 339 Å². The van der Waals surface area contributed by atoms with Crippen LogP contribution in [0.3, 0.4) is 0 Å². The Labute approximate surface area is 486 Å². The normalized spacial score (nSPS) is 17.2. The van der Waals surface area contributed by atoms with Crippen molar-refractivity contribution >= 4 is 0 Å². The zero-order chi connectivity index (χ0) is 60.7. The summed E-state index contributed by atoms with van der Waals surface area (Å²) in [7, 11) is 0. The highest BCUT2D eigenvalue weighted by Gasteiger charge is 2.29. The molecule has 0 bridgehead atoms. The first kappa shape index (κ1) is 83.6. The lowest BCUT2D eigenvalue weighted by atomic mass is 9.83. The Balaban J connectivity index is -0.000000492. The van der Waals surface area contributed by atoms with E-state index in [9.17, 15) is 35.7 Å². The van der Waals surface area contributed by atoms with Gasteiger partial charge in [0, 0.05) is 18.5 Å². The molecule has 0 aliphatic carbocycles. The number of aliphatic hydroxyl groups excluding tert-OH is 2. The summed E-state index contributed by atoms with van der Waals surface area (Å²) in [5, 5.41) is 77.3. The average Bonchev–Trinajstić information content (AvgIpc) is 3.35. The minimum Gasteiger partial charge on any atom is -0.390 e. The first-order chi connectivity index (χ1) is 36.3. The summed E-state index contributed by atoms with van der Waals surface area (Å²) < 4.78 is 11.0. The van der Waals surface area contributed by atoms with Crippen LogP contribution in [0.25, 0.3) is 0 Å². The van der Waals surface area contributed by atoms with Crippen molar-refractivity contribution in [2.75, 3.05) is 52.6 Å². The molecule has 0 aromatic rings. The molecule has 472 valence electrons. The lowest BCUT2D eigenvalue weighted by Gasteiger charge is -2.31. The second-order valence-corrected chi connectivity index (χ2v) is 26.6. The highest BCUT2D eigenvalue weighted by Crippen LogP contribution is 2.30. The monoisotopic (exact) mass is 1120 g/mol. The first-order valence-corrected chi connectivity index (χ1v) is 32.4. The fraction of sp³-hybridized carbons (Fsp3) is 0.970. The van der Waals surface area contributed by atoms with Crippen molar-refractivity contribution in [3.05, 3.63) is 0 Å². The Kier molecular flexibility index (Phi) is 53.1. The molecule has 9 atom stereocenters.